The Morgan fingerprint density at radius 1 is 1.00 bits per heavy atom. The van der Waals surface area contributed by atoms with E-state index in [4.69, 9.17) is 0 Å². The SMILES string of the molecule is Br.CCN(CC)CC(=O)N(CC)c1c(C)cccc1C. The van der Waals surface area contributed by atoms with Gasteiger partial charge in [-0.15, -0.1) is 17.0 Å². The van der Waals surface area contributed by atoms with Gasteiger partial charge in [-0.1, -0.05) is 32.0 Å². The van der Waals surface area contributed by atoms with Crippen LogP contribution in [0.15, 0.2) is 18.2 Å². The largest absolute Gasteiger partial charge is 0.311 e. The molecule has 114 valence electrons. The predicted octanol–water partition coefficient (Wildman–Crippen LogP) is 3.58. The van der Waals surface area contributed by atoms with Gasteiger partial charge in [0.25, 0.3) is 0 Å². The molecular weight excluding hydrogens is 316 g/mol. The molecule has 0 saturated heterocycles. The van der Waals surface area contributed by atoms with Crippen molar-refractivity contribution in [3.63, 3.8) is 0 Å². The molecule has 0 N–H and O–H groups in total. The van der Waals surface area contributed by atoms with E-state index in [2.05, 4.69) is 44.7 Å². The summed E-state index contributed by atoms with van der Waals surface area (Å²) in [6.45, 7) is 13.4. The lowest BCUT2D eigenvalue weighted by Gasteiger charge is -2.27. The minimum Gasteiger partial charge on any atom is -0.311 e. The van der Waals surface area contributed by atoms with Crippen LogP contribution < -0.4 is 4.90 Å². The zero-order valence-electron chi connectivity index (χ0n) is 13.3. The second-order valence-electron chi connectivity index (χ2n) is 4.84. The van der Waals surface area contributed by atoms with E-state index in [0.29, 0.717) is 13.1 Å². The molecule has 1 aromatic carbocycles. The molecule has 0 heterocycles. The first-order chi connectivity index (χ1) is 9.04. The van der Waals surface area contributed by atoms with Gasteiger partial charge in [0, 0.05) is 12.2 Å². The van der Waals surface area contributed by atoms with Crippen molar-refractivity contribution in [3.8, 4) is 0 Å². The van der Waals surface area contributed by atoms with E-state index in [0.717, 1.165) is 29.9 Å². The monoisotopic (exact) mass is 342 g/mol. The summed E-state index contributed by atoms with van der Waals surface area (Å²) in [5.41, 5.74) is 3.40. The van der Waals surface area contributed by atoms with Crippen LogP contribution in [0.25, 0.3) is 0 Å². The number of anilines is 1. The standard InChI is InChI=1S/C16H26N2O.BrH/c1-6-17(7-2)12-15(19)18(8-3)16-13(4)10-9-11-14(16)5;/h9-11H,6-8,12H2,1-5H3;1H. The van der Waals surface area contributed by atoms with Crippen molar-refractivity contribution < 1.29 is 4.79 Å². The fourth-order valence-corrected chi connectivity index (χ4v) is 2.41. The maximum atomic E-state index is 12.5. The molecule has 4 heteroatoms. The number of carbonyl (C=O) groups excluding carboxylic acids is 1. The topological polar surface area (TPSA) is 23.6 Å². The first-order valence-corrected chi connectivity index (χ1v) is 7.14. The number of nitrogens with zero attached hydrogens (tertiary/aromatic N) is 2. The summed E-state index contributed by atoms with van der Waals surface area (Å²) in [6.07, 6.45) is 0. The van der Waals surface area contributed by atoms with E-state index in [9.17, 15) is 4.79 Å². The van der Waals surface area contributed by atoms with Crippen molar-refractivity contribution in [1.82, 2.24) is 4.90 Å². The average Bonchev–Trinajstić information content (AvgIpc) is 2.40. The summed E-state index contributed by atoms with van der Waals surface area (Å²) in [6, 6.07) is 6.17. The number of hydrogen-bond acceptors (Lipinski definition) is 2. The van der Waals surface area contributed by atoms with Crippen molar-refractivity contribution in [2.24, 2.45) is 0 Å². The first-order valence-electron chi connectivity index (χ1n) is 7.14. The fraction of sp³-hybridized carbons (Fsp3) is 0.562. The van der Waals surface area contributed by atoms with Gasteiger partial charge >= 0.3 is 0 Å². The van der Waals surface area contributed by atoms with Gasteiger partial charge in [0.2, 0.25) is 5.91 Å². The van der Waals surface area contributed by atoms with Gasteiger partial charge in [0.1, 0.15) is 0 Å². The molecule has 0 atom stereocenters. The Hall–Kier alpha value is -0.870. The van der Waals surface area contributed by atoms with Crippen LogP contribution in [0, 0.1) is 13.8 Å². The number of halogens is 1. The lowest BCUT2D eigenvalue weighted by Crippen LogP contribution is -2.41. The number of likely N-dealkylation sites (N-methyl/N-ethyl adjacent to an activating group) is 2. The fourth-order valence-electron chi connectivity index (χ4n) is 2.41. The number of carbonyl (C=O) groups is 1. The van der Waals surface area contributed by atoms with Gasteiger partial charge < -0.3 is 4.90 Å². The maximum absolute atomic E-state index is 12.5. The summed E-state index contributed by atoms with van der Waals surface area (Å²) in [5.74, 6) is 0.184. The third-order valence-electron chi connectivity index (χ3n) is 3.58. The number of rotatable bonds is 6. The van der Waals surface area contributed by atoms with E-state index in [1.807, 2.05) is 17.9 Å². The van der Waals surface area contributed by atoms with Crippen LogP contribution in [0.5, 0.6) is 0 Å². The number of para-hydroxylation sites is 1. The molecule has 0 spiro atoms. The molecule has 1 aromatic rings. The summed E-state index contributed by atoms with van der Waals surface area (Å²) < 4.78 is 0. The summed E-state index contributed by atoms with van der Waals surface area (Å²) >= 11 is 0. The molecule has 0 aromatic heterocycles. The highest BCUT2D eigenvalue weighted by atomic mass is 79.9. The predicted molar refractivity (Wildman–Crippen MR) is 92.1 cm³/mol. The Balaban J connectivity index is 0.00000361. The molecule has 0 bridgehead atoms. The first kappa shape index (κ1) is 19.1. The molecule has 3 nitrogen and oxygen atoms in total. The summed E-state index contributed by atoms with van der Waals surface area (Å²) in [4.78, 5) is 16.5. The number of aryl methyl sites for hydroxylation is 2. The molecule has 0 unspecified atom stereocenters. The molecule has 0 aliphatic carbocycles. The number of hydrogen-bond donors (Lipinski definition) is 0. The second kappa shape index (κ2) is 9.14. The lowest BCUT2D eigenvalue weighted by atomic mass is 10.1. The zero-order valence-corrected chi connectivity index (χ0v) is 15.0. The Morgan fingerprint density at radius 2 is 1.50 bits per heavy atom. The highest BCUT2D eigenvalue weighted by Crippen LogP contribution is 2.24. The molecule has 0 radical (unpaired) electrons. The van der Waals surface area contributed by atoms with Crippen molar-refractivity contribution in [3.05, 3.63) is 29.3 Å². The zero-order chi connectivity index (χ0) is 14.4. The summed E-state index contributed by atoms with van der Waals surface area (Å²) in [7, 11) is 0. The van der Waals surface area contributed by atoms with Gasteiger partial charge in [-0.2, -0.15) is 0 Å². The van der Waals surface area contributed by atoms with E-state index < -0.39 is 0 Å². The molecule has 0 aliphatic heterocycles. The normalized spacial score (nSPS) is 10.3. The van der Waals surface area contributed by atoms with E-state index in [1.54, 1.807) is 0 Å². The number of amides is 1. The van der Waals surface area contributed by atoms with Gasteiger partial charge in [-0.25, -0.2) is 0 Å². The third kappa shape index (κ3) is 4.60. The third-order valence-corrected chi connectivity index (χ3v) is 3.58. The van der Waals surface area contributed by atoms with Crippen molar-refractivity contribution in [2.45, 2.75) is 34.6 Å². The highest BCUT2D eigenvalue weighted by Gasteiger charge is 2.19. The van der Waals surface area contributed by atoms with Gasteiger partial charge in [-0.3, -0.25) is 9.69 Å². The van der Waals surface area contributed by atoms with Gasteiger partial charge in [0.15, 0.2) is 0 Å². The van der Waals surface area contributed by atoms with Crippen LogP contribution in [-0.4, -0.2) is 37.0 Å². The van der Waals surface area contributed by atoms with Crippen LogP contribution >= 0.6 is 17.0 Å². The molecule has 1 rings (SSSR count). The highest BCUT2D eigenvalue weighted by molar-refractivity contribution is 8.93. The molecule has 0 aliphatic rings. The molecule has 1 amide bonds. The maximum Gasteiger partial charge on any atom is 0.241 e. The quantitative estimate of drug-likeness (QED) is 0.788. The van der Waals surface area contributed by atoms with Crippen LogP contribution in [-0.2, 0) is 4.79 Å². The van der Waals surface area contributed by atoms with Crippen molar-refractivity contribution in [1.29, 1.82) is 0 Å². The van der Waals surface area contributed by atoms with E-state index >= 15 is 0 Å². The Kier molecular flexibility index (Phi) is 8.74. The van der Waals surface area contributed by atoms with Crippen molar-refractivity contribution in [2.75, 3.05) is 31.1 Å². The molecule has 0 fully saturated rings. The van der Waals surface area contributed by atoms with Crippen LogP contribution in [0.1, 0.15) is 31.9 Å². The Morgan fingerprint density at radius 3 is 1.90 bits per heavy atom. The van der Waals surface area contributed by atoms with E-state index in [-0.39, 0.29) is 22.9 Å². The van der Waals surface area contributed by atoms with E-state index in [1.165, 1.54) is 0 Å². The average molecular weight is 343 g/mol. The smallest absolute Gasteiger partial charge is 0.241 e. The number of benzene rings is 1. The minimum absolute atomic E-state index is 0. The Bertz CT molecular complexity index is 410. The van der Waals surface area contributed by atoms with Crippen LogP contribution in [0.2, 0.25) is 0 Å². The summed E-state index contributed by atoms with van der Waals surface area (Å²) in [5, 5.41) is 0. The van der Waals surface area contributed by atoms with Gasteiger partial charge in [0.05, 0.1) is 6.54 Å². The van der Waals surface area contributed by atoms with Crippen molar-refractivity contribution >= 4 is 28.6 Å². The lowest BCUT2D eigenvalue weighted by molar-refractivity contribution is -0.119. The molecular formula is C16H27BrN2O. The van der Waals surface area contributed by atoms with Crippen LogP contribution in [0.3, 0.4) is 0 Å². The Labute approximate surface area is 133 Å². The minimum atomic E-state index is 0. The second-order valence-corrected chi connectivity index (χ2v) is 4.84. The van der Waals surface area contributed by atoms with Gasteiger partial charge in [-0.05, 0) is 45.0 Å². The van der Waals surface area contributed by atoms with Crippen LogP contribution in [0.4, 0.5) is 5.69 Å². The molecule has 20 heavy (non-hydrogen) atoms. The molecule has 0 saturated carbocycles.